The van der Waals surface area contributed by atoms with Crippen LogP contribution in [-0.4, -0.2) is 69.7 Å². The Morgan fingerprint density at radius 3 is 2.35 bits per heavy atom. The molecule has 6 heteroatoms. The van der Waals surface area contributed by atoms with E-state index in [-0.39, 0.29) is 5.75 Å². The van der Waals surface area contributed by atoms with Gasteiger partial charge in [-0.05, 0) is 52.7 Å². The predicted molar refractivity (Wildman–Crippen MR) is 84.5 cm³/mol. The topological polar surface area (TPSA) is 52.7 Å². The van der Waals surface area contributed by atoms with Crippen LogP contribution in [0.25, 0.3) is 0 Å². The van der Waals surface area contributed by atoms with Crippen molar-refractivity contribution in [2.75, 3.05) is 46.0 Å². The highest BCUT2D eigenvalue weighted by Crippen LogP contribution is 2.18. The van der Waals surface area contributed by atoms with Gasteiger partial charge in [-0.25, -0.2) is 12.7 Å². The molecule has 0 unspecified atom stereocenters. The van der Waals surface area contributed by atoms with Crippen LogP contribution in [0.1, 0.15) is 39.0 Å². The first kappa shape index (κ1) is 17.9. The van der Waals surface area contributed by atoms with Crippen molar-refractivity contribution in [1.82, 2.24) is 14.5 Å². The molecule has 1 aliphatic carbocycles. The van der Waals surface area contributed by atoms with Crippen molar-refractivity contribution >= 4 is 10.0 Å². The normalized spacial score (nSPS) is 16.2. The Hall–Kier alpha value is -0.170. The molecule has 20 heavy (non-hydrogen) atoms. The highest BCUT2D eigenvalue weighted by atomic mass is 32.2. The van der Waals surface area contributed by atoms with Crippen molar-refractivity contribution in [3.8, 4) is 0 Å². The lowest BCUT2D eigenvalue weighted by atomic mass is 10.3. The van der Waals surface area contributed by atoms with Crippen molar-refractivity contribution in [3.05, 3.63) is 0 Å². The largest absolute Gasteiger partial charge is 0.314 e. The molecule has 1 fully saturated rings. The predicted octanol–water partition coefficient (Wildman–Crippen LogP) is 1.12. The van der Waals surface area contributed by atoms with Gasteiger partial charge >= 0.3 is 0 Å². The molecule has 0 amide bonds. The van der Waals surface area contributed by atoms with E-state index in [0.717, 1.165) is 32.4 Å². The maximum absolute atomic E-state index is 12.3. The van der Waals surface area contributed by atoms with Gasteiger partial charge in [0.25, 0.3) is 0 Å². The number of sulfonamides is 1. The molecule has 0 aromatic heterocycles. The van der Waals surface area contributed by atoms with Gasteiger partial charge in [0.2, 0.25) is 10.0 Å². The van der Waals surface area contributed by atoms with E-state index in [2.05, 4.69) is 5.32 Å². The summed E-state index contributed by atoms with van der Waals surface area (Å²) in [4.78, 5) is 2.03. The van der Waals surface area contributed by atoms with Crippen LogP contribution < -0.4 is 5.32 Å². The summed E-state index contributed by atoms with van der Waals surface area (Å²) < 4.78 is 26.3. The molecule has 5 nitrogen and oxygen atoms in total. The number of rotatable bonds is 12. The first-order chi connectivity index (χ1) is 9.45. The molecule has 0 aliphatic heterocycles. The zero-order valence-corrected chi connectivity index (χ0v) is 14.1. The lowest BCUT2D eigenvalue weighted by molar-refractivity contribution is 0.332. The van der Waals surface area contributed by atoms with Crippen molar-refractivity contribution in [1.29, 1.82) is 0 Å². The Labute approximate surface area is 124 Å². The molecule has 1 N–H and O–H groups in total. The molecule has 0 aromatic rings. The minimum atomic E-state index is -3.09. The number of nitrogens with zero attached hydrogens (tertiary/aromatic N) is 2. The van der Waals surface area contributed by atoms with E-state index in [0.29, 0.717) is 19.1 Å². The van der Waals surface area contributed by atoms with E-state index < -0.39 is 10.0 Å². The summed E-state index contributed by atoms with van der Waals surface area (Å²) in [5, 5.41) is 3.42. The molecule has 0 bridgehead atoms. The minimum absolute atomic E-state index is 0.284. The van der Waals surface area contributed by atoms with Crippen molar-refractivity contribution in [2.24, 2.45) is 0 Å². The van der Waals surface area contributed by atoms with Crippen molar-refractivity contribution in [3.63, 3.8) is 0 Å². The van der Waals surface area contributed by atoms with Gasteiger partial charge in [-0.2, -0.15) is 0 Å². The second-order valence-electron chi connectivity index (χ2n) is 5.95. The van der Waals surface area contributed by atoms with Gasteiger partial charge in [-0.3, -0.25) is 0 Å². The summed E-state index contributed by atoms with van der Waals surface area (Å²) in [6, 6.07) is 0.711. The van der Waals surface area contributed by atoms with E-state index in [1.165, 1.54) is 12.8 Å². The fourth-order valence-corrected chi connectivity index (χ4v) is 3.73. The number of likely N-dealkylation sites (N-methyl/N-ethyl adjacent to an activating group) is 1. The van der Waals surface area contributed by atoms with Crippen molar-refractivity contribution < 1.29 is 8.42 Å². The average molecular weight is 305 g/mol. The first-order valence-corrected chi connectivity index (χ1v) is 9.42. The zero-order valence-electron chi connectivity index (χ0n) is 13.3. The van der Waals surface area contributed by atoms with Gasteiger partial charge < -0.3 is 10.2 Å². The van der Waals surface area contributed by atoms with E-state index in [9.17, 15) is 8.42 Å². The average Bonchev–Trinajstić information content (AvgIpc) is 3.17. The summed E-state index contributed by atoms with van der Waals surface area (Å²) in [5.41, 5.74) is 0. The molecule has 1 saturated carbocycles. The molecular formula is C14H31N3O2S. The number of unbranched alkanes of at least 4 members (excludes halogenated alkanes) is 1. The van der Waals surface area contributed by atoms with Gasteiger partial charge in [-0.15, -0.1) is 0 Å². The molecule has 0 heterocycles. The summed E-state index contributed by atoms with van der Waals surface area (Å²) in [6.07, 6.45) is 5.14. The van der Waals surface area contributed by atoms with Crippen LogP contribution in [0.3, 0.4) is 0 Å². The molecule has 0 saturated heterocycles. The Balaban J connectivity index is 2.28. The van der Waals surface area contributed by atoms with E-state index >= 15 is 0 Å². The lowest BCUT2D eigenvalue weighted by Crippen LogP contribution is -2.38. The lowest BCUT2D eigenvalue weighted by Gasteiger charge is -2.23. The second kappa shape index (κ2) is 8.97. The Morgan fingerprint density at radius 2 is 1.80 bits per heavy atom. The molecule has 0 spiro atoms. The van der Waals surface area contributed by atoms with Crippen LogP contribution in [0.2, 0.25) is 0 Å². The van der Waals surface area contributed by atoms with Gasteiger partial charge in [0.1, 0.15) is 0 Å². The van der Waals surface area contributed by atoms with E-state index in [1.807, 2.05) is 25.9 Å². The third-order valence-corrected chi connectivity index (χ3v) is 5.46. The molecule has 0 aromatic carbocycles. The fourth-order valence-electron chi connectivity index (χ4n) is 2.08. The highest BCUT2D eigenvalue weighted by Gasteiger charge is 2.22. The quantitative estimate of drug-likeness (QED) is 0.549. The van der Waals surface area contributed by atoms with Gasteiger partial charge in [0, 0.05) is 25.7 Å². The third-order valence-electron chi connectivity index (χ3n) is 3.50. The third kappa shape index (κ3) is 7.57. The summed E-state index contributed by atoms with van der Waals surface area (Å²) in [6.45, 7) is 4.99. The number of nitrogens with one attached hydrogen (secondary N) is 1. The molecule has 0 radical (unpaired) electrons. The highest BCUT2D eigenvalue weighted by molar-refractivity contribution is 7.89. The summed E-state index contributed by atoms with van der Waals surface area (Å²) in [5.74, 6) is 0.284. The van der Waals surface area contributed by atoms with Gasteiger partial charge in [-0.1, -0.05) is 6.92 Å². The number of hydrogen-bond acceptors (Lipinski definition) is 4. The molecule has 0 atom stereocenters. The van der Waals surface area contributed by atoms with Crippen LogP contribution in [0, 0.1) is 0 Å². The zero-order chi connectivity index (χ0) is 15.0. The van der Waals surface area contributed by atoms with Crippen LogP contribution in [0.5, 0.6) is 0 Å². The van der Waals surface area contributed by atoms with Crippen molar-refractivity contribution in [2.45, 2.75) is 45.1 Å². The monoisotopic (exact) mass is 305 g/mol. The maximum atomic E-state index is 12.3. The fraction of sp³-hybridized carbons (Fsp3) is 1.00. The standard InChI is InChI=1S/C14H31N3O2S/c1-4-10-17(12-11-16(2)3)20(18,19)13-6-5-9-15-14-7-8-14/h14-15H,4-13H2,1-3H3. The minimum Gasteiger partial charge on any atom is -0.314 e. The van der Waals surface area contributed by atoms with Crippen LogP contribution in [0.4, 0.5) is 0 Å². The first-order valence-electron chi connectivity index (χ1n) is 7.81. The summed E-state index contributed by atoms with van der Waals surface area (Å²) >= 11 is 0. The van der Waals surface area contributed by atoms with Crippen LogP contribution in [0.15, 0.2) is 0 Å². The molecule has 1 aliphatic rings. The van der Waals surface area contributed by atoms with E-state index in [1.54, 1.807) is 4.31 Å². The Morgan fingerprint density at radius 1 is 1.10 bits per heavy atom. The van der Waals surface area contributed by atoms with Crippen LogP contribution in [-0.2, 0) is 10.0 Å². The van der Waals surface area contributed by atoms with E-state index in [4.69, 9.17) is 0 Å². The summed E-state index contributed by atoms with van der Waals surface area (Å²) in [7, 11) is 0.859. The van der Waals surface area contributed by atoms with Crippen LogP contribution >= 0.6 is 0 Å². The Kier molecular flexibility index (Phi) is 8.02. The maximum Gasteiger partial charge on any atom is 0.214 e. The number of hydrogen-bond donors (Lipinski definition) is 1. The Bertz CT molecular complexity index is 353. The second-order valence-corrected chi connectivity index (χ2v) is 8.04. The molecule has 1 rings (SSSR count). The smallest absolute Gasteiger partial charge is 0.214 e. The molecule has 120 valence electrons. The SMILES string of the molecule is CCCN(CCN(C)C)S(=O)(=O)CCCCNC1CC1. The molecular weight excluding hydrogens is 274 g/mol. The van der Waals surface area contributed by atoms with Gasteiger partial charge in [0.05, 0.1) is 5.75 Å². The van der Waals surface area contributed by atoms with Gasteiger partial charge in [0.15, 0.2) is 0 Å².